The Balaban J connectivity index is 2.37. The monoisotopic (exact) mass is 355 g/mol. The number of anilines is 1. The first kappa shape index (κ1) is 16.2. The standard InChI is InChI=1S/C14H12F3N5OS/c1-2-22-5-6(4-20-22)7-3-8(14(15,16)17)21-13-9(7)10(18)11(24-13)12(19)23/h3-5H,2,18H2,1H3,(H2,19,23). The number of aryl methyl sites for hydroxylation is 1. The van der Waals surface area contributed by atoms with Crippen LogP contribution in [0.25, 0.3) is 21.3 Å². The molecule has 0 radical (unpaired) electrons. The molecule has 3 heterocycles. The second kappa shape index (κ2) is 5.48. The molecule has 6 nitrogen and oxygen atoms in total. The summed E-state index contributed by atoms with van der Waals surface area (Å²) in [5.74, 6) is -0.806. The van der Waals surface area contributed by atoms with Crippen LogP contribution >= 0.6 is 11.3 Å². The molecule has 3 aromatic heterocycles. The van der Waals surface area contributed by atoms with Crippen LogP contribution in [0.4, 0.5) is 18.9 Å². The van der Waals surface area contributed by atoms with Crippen LogP contribution in [-0.4, -0.2) is 20.7 Å². The first-order chi connectivity index (χ1) is 11.2. The quantitative estimate of drug-likeness (QED) is 0.754. The van der Waals surface area contributed by atoms with Gasteiger partial charge in [-0.15, -0.1) is 11.3 Å². The van der Waals surface area contributed by atoms with Crippen molar-refractivity contribution in [1.82, 2.24) is 14.8 Å². The van der Waals surface area contributed by atoms with Crippen LogP contribution in [-0.2, 0) is 12.7 Å². The van der Waals surface area contributed by atoms with Crippen molar-refractivity contribution in [2.45, 2.75) is 19.6 Å². The lowest BCUT2D eigenvalue weighted by Crippen LogP contribution is -2.10. The zero-order valence-corrected chi connectivity index (χ0v) is 13.2. The third-order valence-corrected chi connectivity index (χ3v) is 4.60. The van der Waals surface area contributed by atoms with Gasteiger partial charge in [-0.2, -0.15) is 18.3 Å². The highest BCUT2D eigenvalue weighted by atomic mass is 32.1. The Kier molecular flexibility index (Phi) is 3.71. The summed E-state index contributed by atoms with van der Waals surface area (Å²) >= 11 is 0.746. The number of primary amides is 1. The molecule has 0 fully saturated rings. The lowest BCUT2D eigenvalue weighted by molar-refractivity contribution is -0.140. The lowest BCUT2D eigenvalue weighted by atomic mass is 10.0. The molecule has 0 spiro atoms. The van der Waals surface area contributed by atoms with E-state index in [-0.39, 0.29) is 26.3 Å². The number of hydrogen-bond acceptors (Lipinski definition) is 5. The zero-order chi connectivity index (χ0) is 17.6. The van der Waals surface area contributed by atoms with Crippen LogP contribution in [0.5, 0.6) is 0 Å². The van der Waals surface area contributed by atoms with Crippen LogP contribution in [0, 0.1) is 0 Å². The number of hydrogen-bond donors (Lipinski definition) is 2. The Morgan fingerprint density at radius 1 is 1.42 bits per heavy atom. The average Bonchev–Trinajstić information content (AvgIpc) is 3.10. The summed E-state index contributed by atoms with van der Waals surface area (Å²) in [5.41, 5.74) is 10.8. The Labute approximate surface area is 137 Å². The second-order valence-electron chi connectivity index (χ2n) is 5.03. The smallest absolute Gasteiger partial charge is 0.397 e. The molecule has 24 heavy (non-hydrogen) atoms. The SMILES string of the molecule is CCn1cc(-c2cc(C(F)(F)F)nc3sc(C(N)=O)c(N)c23)cn1. The van der Waals surface area contributed by atoms with Gasteiger partial charge in [0.2, 0.25) is 0 Å². The molecule has 10 heteroatoms. The van der Waals surface area contributed by atoms with Crippen LogP contribution < -0.4 is 11.5 Å². The normalized spacial score (nSPS) is 12.0. The minimum absolute atomic E-state index is 0.00961. The molecule has 0 unspecified atom stereocenters. The van der Waals surface area contributed by atoms with Gasteiger partial charge in [-0.3, -0.25) is 9.48 Å². The Morgan fingerprint density at radius 3 is 2.67 bits per heavy atom. The van der Waals surface area contributed by atoms with E-state index in [9.17, 15) is 18.0 Å². The fourth-order valence-corrected chi connectivity index (χ4v) is 3.32. The summed E-state index contributed by atoms with van der Waals surface area (Å²) in [6, 6.07) is 0.910. The van der Waals surface area contributed by atoms with Crippen molar-refractivity contribution >= 4 is 33.1 Å². The van der Waals surface area contributed by atoms with Crippen LogP contribution in [0.3, 0.4) is 0 Å². The molecule has 0 aromatic carbocycles. The van der Waals surface area contributed by atoms with E-state index in [0.29, 0.717) is 12.1 Å². The maximum atomic E-state index is 13.1. The number of fused-ring (bicyclic) bond motifs is 1. The molecule has 0 saturated heterocycles. The summed E-state index contributed by atoms with van der Waals surface area (Å²) in [4.78, 5) is 15.1. The van der Waals surface area contributed by atoms with Gasteiger partial charge < -0.3 is 11.5 Å². The number of nitrogens with two attached hydrogens (primary N) is 2. The van der Waals surface area contributed by atoms with E-state index in [4.69, 9.17) is 11.5 Å². The molecular formula is C14H12F3N5OS. The Bertz CT molecular complexity index is 944. The Hall–Kier alpha value is -2.62. The van der Waals surface area contributed by atoms with Gasteiger partial charge >= 0.3 is 6.18 Å². The van der Waals surface area contributed by atoms with Crippen molar-refractivity contribution in [3.63, 3.8) is 0 Å². The summed E-state index contributed by atoms with van der Waals surface area (Å²) < 4.78 is 41.0. The number of alkyl halides is 3. The fraction of sp³-hybridized carbons (Fsp3) is 0.214. The van der Waals surface area contributed by atoms with Gasteiger partial charge in [0.05, 0.1) is 11.9 Å². The van der Waals surface area contributed by atoms with E-state index in [2.05, 4.69) is 10.1 Å². The summed E-state index contributed by atoms with van der Waals surface area (Å²) in [6.07, 6.45) is -1.58. The molecule has 3 aromatic rings. The van der Waals surface area contributed by atoms with Crippen LogP contribution in [0.1, 0.15) is 22.3 Å². The first-order valence-electron chi connectivity index (χ1n) is 6.85. The van der Waals surface area contributed by atoms with Gasteiger partial charge in [0.15, 0.2) is 0 Å². The molecule has 0 bridgehead atoms. The number of halogens is 3. The lowest BCUT2D eigenvalue weighted by Gasteiger charge is -2.09. The molecule has 0 aliphatic carbocycles. The van der Waals surface area contributed by atoms with Gasteiger partial charge in [-0.25, -0.2) is 4.98 Å². The van der Waals surface area contributed by atoms with E-state index in [1.165, 1.54) is 6.20 Å². The summed E-state index contributed by atoms with van der Waals surface area (Å²) in [6.45, 7) is 2.41. The maximum absolute atomic E-state index is 13.1. The zero-order valence-electron chi connectivity index (χ0n) is 12.4. The van der Waals surface area contributed by atoms with E-state index in [0.717, 1.165) is 17.4 Å². The summed E-state index contributed by atoms with van der Waals surface area (Å²) in [7, 11) is 0. The number of carbonyl (C=O) groups is 1. The number of nitrogen functional groups attached to an aromatic ring is 1. The minimum Gasteiger partial charge on any atom is -0.397 e. The molecule has 0 aliphatic rings. The number of rotatable bonds is 3. The maximum Gasteiger partial charge on any atom is 0.433 e. The van der Waals surface area contributed by atoms with Gasteiger partial charge in [0.25, 0.3) is 5.91 Å². The van der Waals surface area contributed by atoms with E-state index >= 15 is 0 Å². The second-order valence-corrected chi connectivity index (χ2v) is 6.03. The number of carbonyl (C=O) groups excluding carboxylic acids is 1. The van der Waals surface area contributed by atoms with E-state index in [1.807, 2.05) is 6.92 Å². The van der Waals surface area contributed by atoms with Gasteiger partial charge in [0.1, 0.15) is 15.4 Å². The van der Waals surface area contributed by atoms with E-state index < -0.39 is 17.8 Å². The summed E-state index contributed by atoms with van der Waals surface area (Å²) in [5, 5.41) is 4.34. The van der Waals surface area contributed by atoms with Crippen molar-refractivity contribution in [3.8, 4) is 11.1 Å². The minimum atomic E-state index is -4.63. The van der Waals surface area contributed by atoms with Crippen molar-refractivity contribution < 1.29 is 18.0 Å². The van der Waals surface area contributed by atoms with Crippen molar-refractivity contribution in [2.75, 3.05) is 5.73 Å². The largest absolute Gasteiger partial charge is 0.433 e. The molecule has 0 aliphatic heterocycles. The number of amides is 1. The van der Waals surface area contributed by atoms with Crippen molar-refractivity contribution in [2.24, 2.45) is 5.73 Å². The number of aromatic nitrogens is 3. The van der Waals surface area contributed by atoms with Gasteiger partial charge in [-0.1, -0.05) is 0 Å². The van der Waals surface area contributed by atoms with Crippen LogP contribution in [0.15, 0.2) is 18.5 Å². The van der Waals surface area contributed by atoms with Crippen LogP contribution in [0.2, 0.25) is 0 Å². The Morgan fingerprint density at radius 2 is 2.12 bits per heavy atom. The number of thiophene rings is 1. The van der Waals surface area contributed by atoms with Gasteiger partial charge in [-0.05, 0) is 18.6 Å². The highest BCUT2D eigenvalue weighted by Gasteiger charge is 2.34. The van der Waals surface area contributed by atoms with E-state index in [1.54, 1.807) is 10.9 Å². The predicted molar refractivity (Wildman–Crippen MR) is 84.4 cm³/mol. The molecule has 0 atom stereocenters. The predicted octanol–water partition coefficient (Wildman–Crippen LogP) is 2.88. The molecule has 3 rings (SSSR count). The number of nitrogens with zero attached hydrogens (tertiary/aromatic N) is 3. The average molecular weight is 355 g/mol. The molecule has 0 saturated carbocycles. The highest BCUT2D eigenvalue weighted by Crippen LogP contribution is 2.42. The topological polar surface area (TPSA) is 99.8 Å². The molecule has 1 amide bonds. The third-order valence-electron chi connectivity index (χ3n) is 3.48. The molecule has 126 valence electrons. The molecule has 4 N–H and O–H groups in total. The first-order valence-corrected chi connectivity index (χ1v) is 7.66. The van der Waals surface area contributed by atoms with Crippen molar-refractivity contribution in [3.05, 3.63) is 29.0 Å². The highest BCUT2D eigenvalue weighted by molar-refractivity contribution is 7.21. The third kappa shape index (κ3) is 2.58. The number of pyridine rings is 1. The fourth-order valence-electron chi connectivity index (χ4n) is 2.35. The van der Waals surface area contributed by atoms with Gasteiger partial charge in [0, 0.05) is 23.7 Å². The van der Waals surface area contributed by atoms with Crippen molar-refractivity contribution in [1.29, 1.82) is 0 Å². The molecular weight excluding hydrogens is 343 g/mol.